The molecule has 2 aliphatic heterocycles. The molecule has 0 bridgehead atoms. The minimum absolute atomic E-state index is 0.172. The SMILES string of the molecule is Fc1ccc(C2C=C3CC=CN3N2)cc1. The van der Waals surface area contributed by atoms with Crippen LogP contribution in [0.1, 0.15) is 18.0 Å². The predicted molar refractivity (Wildman–Crippen MR) is 56.0 cm³/mol. The first-order chi connectivity index (χ1) is 7.33. The first kappa shape index (κ1) is 8.68. The monoisotopic (exact) mass is 202 g/mol. The third-order valence-electron chi connectivity index (χ3n) is 2.76. The van der Waals surface area contributed by atoms with Crippen LogP contribution in [0.2, 0.25) is 0 Å². The second-order valence-electron chi connectivity index (χ2n) is 3.78. The minimum atomic E-state index is -0.190. The van der Waals surface area contributed by atoms with Gasteiger partial charge in [0.2, 0.25) is 0 Å². The molecule has 2 heterocycles. The Morgan fingerprint density at radius 2 is 2.07 bits per heavy atom. The standard InChI is InChI=1S/C12H11FN2/c13-10-5-3-9(4-6-10)12-8-11-2-1-7-15(11)14-12/h1,3-8,12,14H,2H2. The van der Waals surface area contributed by atoms with E-state index in [1.165, 1.54) is 17.8 Å². The first-order valence-electron chi connectivity index (χ1n) is 5.01. The third-order valence-corrected chi connectivity index (χ3v) is 2.76. The fraction of sp³-hybridized carbons (Fsp3) is 0.167. The Hall–Kier alpha value is -1.61. The van der Waals surface area contributed by atoms with E-state index in [1.54, 1.807) is 0 Å². The molecule has 0 aliphatic carbocycles. The number of benzene rings is 1. The summed E-state index contributed by atoms with van der Waals surface area (Å²) in [5.41, 5.74) is 5.68. The van der Waals surface area contributed by atoms with Gasteiger partial charge in [0.25, 0.3) is 0 Å². The highest BCUT2D eigenvalue weighted by atomic mass is 19.1. The summed E-state index contributed by atoms with van der Waals surface area (Å²) in [5, 5.41) is 2.02. The van der Waals surface area contributed by atoms with Gasteiger partial charge in [-0.25, -0.2) is 9.82 Å². The molecule has 15 heavy (non-hydrogen) atoms. The molecule has 1 unspecified atom stereocenters. The average Bonchev–Trinajstić information content (AvgIpc) is 2.78. The van der Waals surface area contributed by atoms with E-state index in [-0.39, 0.29) is 11.9 Å². The van der Waals surface area contributed by atoms with Crippen molar-refractivity contribution in [2.75, 3.05) is 0 Å². The lowest BCUT2D eigenvalue weighted by molar-refractivity contribution is 0.356. The fourth-order valence-corrected chi connectivity index (χ4v) is 1.97. The van der Waals surface area contributed by atoms with Crippen molar-refractivity contribution in [3.8, 4) is 0 Å². The van der Waals surface area contributed by atoms with Gasteiger partial charge in [-0.1, -0.05) is 18.2 Å². The molecule has 1 N–H and O–H groups in total. The molecule has 3 heteroatoms. The Morgan fingerprint density at radius 1 is 1.27 bits per heavy atom. The molecule has 1 aromatic carbocycles. The minimum Gasteiger partial charge on any atom is -0.288 e. The zero-order valence-corrected chi connectivity index (χ0v) is 8.15. The quantitative estimate of drug-likeness (QED) is 0.752. The highest BCUT2D eigenvalue weighted by Crippen LogP contribution is 2.29. The van der Waals surface area contributed by atoms with Crippen LogP contribution in [-0.2, 0) is 0 Å². The van der Waals surface area contributed by atoms with Gasteiger partial charge in [-0.05, 0) is 23.8 Å². The molecule has 0 saturated heterocycles. The van der Waals surface area contributed by atoms with Gasteiger partial charge in [0, 0.05) is 18.3 Å². The van der Waals surface area contributed by atoms with Crippen LogP contribution in [0.4, 0.5) is 4.39 Å². The fourth-order valence-electron chi connectivity index (χ4n) is 1.97. The lowest BCUT2D eigenvalue weighted by Gasteiger charge is -2.15. The van der Waals surface area contributed by atoms with Crippen LogP contribution >= 0.6 is 0 Å². The number of hydrogen-bond acceptors (Lipinski definition) is 2. The van der Waals surface area contributed by atoms with Crippen molar-refractivity contribution in [1.29, 1.82) is 0 Å². The predicted octanol–water partition coefficient (Wildman–Crippen LogP) is 2.49. The van der Waals surface area contributed by atoms with E-state index in [4.69, 9.17) is 0 Å². The second kappa shape index (κ2) is 3.21. The first-order valence-corrected chi connectivity index (χ1v) is 5.01. The van der Waals surface area contributed by atoms with Crippen molar-refractivity contribution in [3.63, 3.8) is 0 Å². The lowest BCUT2D eigenvalue weighted by atomic mass is 10.1. The van der Waals surface area contributed by atoms with E-state index in [0.29, 0.717) is 0 Å². The topological polar surface area (TPSA) is 15.3 Å². The van der Waals surface area contributed by atoms with Gasteiger partial charge >= 0.3 is 0 Å². The van der Waals surface area contributed by atoms with E-state index in [1.807, 2.05) is 23.3 Å². The van der Waals surface area contributed by atoms with Crippen LogP contribution in [0, 0.1) is 5.82 Å². The van der Waals surface area contributed by atoms with Gasteiger partial charge in [0.15, 0.2) is 0 Å². The average molecular weight is 202 g/mol. The Morgan fingerprint density at radius 3 is 2.80 bits per heavy atom. The number of fused-ring (bicyclic) bond motifs is 1. The van der Waals surface area contributed by atoms with Crippen molar-refractivity contribution in [2.24, 2.45) is 0 Å². The maximum absolute atomic E-state index is 12.7. The molecular formula is C12H11FN2. The summed E-state index contributed by atoms with van der Waals surface area (Å²) >= 11 is 0. The Kier molecular flexibility index (Phi) is 1.86. The van der Waals surface area contributed by atoms with Crippen molar-refractivity contribution >= 4 is 0 Å². The molecule has 1 atom stereocenters. The van der Waals surface area contributed by atoms with E-state index < -0.39 is 0 Å². The molecule has 0 radical (unpaired) electrons. The number of nitrogens with zero attached hydrogens (tertiary/aromatic N) is 1. The van der Waals surface area contributed by atoms with Gasteiger partial charge < -0.3 is 0 Å². The third kappa shape index (κ3) is 1.45. The van der Waals surface area contributed by atoms with E-state index in [2.05, 4.69) is 17.6 Å². The van der Waals surface area contributed by atoms with Gasteiger partial charge in [-0.3, -0.25) is 5.01 Å². The highest BCUT2D eigenvalue weighted by molar-refractivity contribution is 5.30. The molecule has 0 aromatic heterocycles. The van der Waals surface area contributed by atoms with Gasteiger partial charge in [0.05, 0.1) is 6.04 Å². The van der Waals surface area contributed by atoms with Crippen molar-refractivity contribution in [1.82, 2.24) is 10.4 Å². The maximum Gasteiger partial charge on any atom is 0.123 e. The molecular weight excluding hydrogens is 191 g/mol. The van der Waals surface area contributed by atoms with Crippen molar-refractivity contribution in [2.45, 2.75) is 12.5 Å². The van der Waals surface area contributed by atoms with Gasteiger partial charge in [0.1, 0.15) is 5.82 Å². The summed E-state index contributed by atoms with van der Waals surface area (Å²) in [4.78, 5) is 0. The summed E-state index contributed by atoms with van der Waals surface area (Å²) in [5.74, 6) is -0.190. The smallest absolute Gasteiger partial charge is 0.123 e. The summed E-state index contributed by atoms with van der Waals surface area (Å²) in [6, 6.07) is 6.79. The molecule has 0 spiro atoms. The molecule has 2 aliphatic rings. The van der Waals surface area contributed by atoms with Crippen LogP contribution in [0.25, 0.3) is 0 Å². The second-order valence-corrected chi connectivity index (χ2v) is 3.78. The molecule has 1 aromatic rings. The molecule has 3 rings (SSSR count). The zero-order chi connectivity index (χ0) is 10.3. The van der Waals surface area contributed by atoms with Crippen LogP contribution in [-0.4, -0.2) is 5.01 Å². The van der Waals surface area contributed by atoms with Gasteiger partial charge in [-0.2, -0.15) is 0 Å². The number of hydrazine groups is 1. The lowest BCUT2D eigenvalue weighted by Crippen LogP contribution is -2.26. The number of nitrogens with one attached hydrogen (secondary N) is 1. The summed E-state index contributed by atoms with van der Waals surface area (Å²) in [6.07, 6.45) is 7.28. The van der Waals surface area contributed by atoms with Crippen LogP contribution in [0.15, 0.2) is 48.3 Å². The van der Waals surface area contributed by atoms with Crippen molar-refractivity contribution in [3.05, 3.63) is 59.7 Å². The molecule has 0 amide bonds. The van der Waals surface area contributed by atoms with Crippen LogP contribution < -0.4 is 5.43 Å². The zero-order valence-electron chi connectivity index (χ0n) is 8.15. The van der Waals surface area contributed by atoms with E-state index in [9.17, 15) is 4.39 Å². The summed E-state index contributed by atoms with van der Waals surface area (Å²) in [7, 11) is 0. The Bertz CT molecular complexity index is 433. The number of halogens is 1. The Labute approximate surface area is 87.7 Å². The van der Waals surface area contributed by atoms with Crippen LogP contribution in [0.3, 0.4) is 0 Å². The molecule has 0 fully saturated rings. The molecule has 0 saturated carbocycles. The number of hydrogen-bond donors (Lipinski definition) is 1. The largest absolute Gasteiger partial charge is 0.288 e. The number of allylic oxidation sites excluding steroid dienone is 1. The summed E-state index contributed by atoms with van der Waals surface area (Å²) in [6.45, 7) is 0. The maximum atomic E-state index is 12.7. The molecule has 2 nitrogen and oxygen atoms in total. The highest BCUT2D eigenvalue weighted by Gasteiger charge is 2.23. The van der Waals surface area contributed by atoms with E-state index in [0.717, 1.165) is 12.0 Å². The number of rotatable bonds is 1. The van der Waals surface area contributed by atoms with Gasteiger partial charge in [-0.15, -0.1) is 0 Å². The Balaban J connectivity index is 1.86. The summed E-state index contributed by atoms with van der Waals surface area (Å²) < 4.78 is 12.7. The van der Waals surface area contributed by atoms with Crippen LogP contribution in [0.5, 0.6) is 0 Å². The van der Waals surface area contributed by atoms with Crippen molar-refractivity contribution < 1.29 is 4.39 Å². The van der Waals surface area contributed by atoms with E-state index >= 15 is 0 Å². The molecule has 76 valence electrons. The normalized spacial score (nSPS) is 23.1.